The van der Waals surface area contributed by atoms with E-state index in [1.807, 2.05) is 44.2 Å². The number of nitrogens with zero attached hydrogens (tertiary/aromatic N) is 2. The number of nitrogens with one attached hydrogen (secondary N) is 2. The van der Waals surface area contributed by atoms with Crippen LogP contribution >= 0.6 is 11.3 Å². The van der Waals surface area contributed by atoms with Gasteiger partial charge in [0, 0.05) is 38.0 Å². The minimum atomic E-state index is -3.94. The highest BCUT2D eigenvalue weighted by atomic mass is 32.2. The van der Waals surface area contributed by atoms with Crippen molar-refractivity contribution in [2.75, 3.05) is 39.9 Å². The monoisotopic (exact) mass is 600 g/mol. The van der Waals surface area contributed by atoms with Crippen LogP contribution in [0.2, 0.25) is 0 Å². The van der Waals surface area contributed by atoms with Gasteiger partial charge in [-0.2, -0.15) is 4.72 Å². The van der Waals surface area contributed by atoms with Gasteiger partial charge in [-0.1, -0.05) is 50.2 Å². The van der Waals surface area contributed by atoms with Gasteiger partial charge in [-0.15, -0.1) is 11.3 Å². The molecule has 0 aliphatic carbocycles. The second-order valence-electron chi connectivity index (χ2n) is 10.4. The molecule has 3 aromatic rings. The Hall–Kier alpha value is -3.32. The van der Waals surface area contributed by atoms with Gasteiger partial charge in [-0.3, -0.25) is 14.4 Å². The number of fused-ring (bicyclic) bond motifs is 1. The Balaban J connectivity index is 1.39. The average Bonchev–Trinajstić information content (AvgIpc) is 3.41. The summed E-state index contributed by atoms with van der Waals surface area (Å²) in [4.78, 5) is 43.7. The molecule has 0 unspecified atom stereocenters. The first-order chi connectivity index (χ1) is 19.6. The maximum absolute atomic E-state index is 13.5. The van der Waals surface area contributed by atoms with Crippen molar-refractivity contribution in [1.29, 1.82) is 0 Å². The van der Waals surface area contributed by atoms with Crippen LogP contribution in [0.1, 0.15) is 29.9 Å². The van der Waals surface area contributed by atoms with E-state index in [9.17, 15) is 22.8 Å². The predicted octanol–water partition coefficient (Wildman–Crippen LogP) is 2.71. The van der Waals surface area contributed by atoms with E-state index in [-0.39, 0.29) is 55.4 Å². The van der Waals surface area contributed by atoms with Crippen LogP contribution in [-0.2, 0) is 24.3 Å². The molecule has 3 amide bonds. The van der Waals surface area contributed by atoms with Crippen LogP contribution in [0.5, 0.6) is 0 Å². The summed E-state index contributed by atoms with van der Waals surface area (Å²) in [5, 5.41) is 3.92. The lowest BCUT2D eigenvalue weighted by Crippen LogP contribution is -2.59. The van der Waals surface area contributed by atoms with Crippen LogP contribution in [0.3, 0.4) is 0 Å². The number of ether oxygens (including phenoxy) is 1. The Morgan fingerprint density at radius 2 is 1.49 bits per heavy atom. The number of thiophene rings is 1. The summed E-state index contributed by atoms with van der Waals surface area (Å²) in [5.74, 6) is -0.734. The molecule has 220 valence electrons. The van der Waals surface area contributed by atoms with Crippen molar-refractivity contribution in [3.05, 3.63) is 65.5 Å². The number of hydrogen-bond acceptors (Lipinski definition) is 7. The quantitative estimate of drug-likeness (QED) is 0.349. The van der Waals surface area contributed by atoms with Crippen molar-refractivity contribution in [2.24, 2.45) is 5.92 Å². The minimum Gasteiger partial charge on any atom is -0.382 e. The van der Waals surface area contributed by atoms with Crippen LogP contribution < -0.4 is 10.0 Å². The van der Waals surface area contributed by atoms with Crippen LogP contribution in [0.25, 0.3) is 10.1 Å². The van der Waals surface area contributed by atoms with Crippen LogP contribution in [0.15, 0.2) is 65.6 Å². The Morgan fingerprint density at radius 3 is 2.07 bits per heavy atom. The summed E-state index contributed by atoms with van der Waals surface area (Å²) >= 11 is 1.39. The van der Waals surface area contributed by atoms with Gasteiger partial charge in [0.05, 0.1) is 16.4 Å². The lowest BCUT2D eigenvalue weighted by molar-refractivity contribution is -0.142. The van der Waals surface area contributed by atoms with Gasteiger partial charge in [0.15, 0.2) is 0 Å². The van der Waals surface area contributed by atoms with Crippen LogP contribution in [0.4, 0.5) is 0 Å². The summed E-state index contributed by atoms with van der Waals surface area (Å²) in [7, 11) is -2.54. The molecule has 2 N–H and O–H groups in total. The van der Waals surface area contributed by atoms with E-state index in [2.05, 4.69) is 10.0 Å². The first kappa shape index (κ1) is 30.6. The molecule has 0 radical (unpaired) electrons. The standard InChI is InChI=1S/C29H36N4O6S2/c1-20(2)17-23(30-27(34)26-18-21-9-7-8-12-25(21)40-26)28(35)32-13-15-33(16-14-32)29(36)24(19-39-3)31-41(37,38)22-10-5-4-6-11-22/h4-12,18,20,23-24,31H,13-17,19H2,1-3H3,(H,30,34)/t23-,24-/m0/s1. The normalized spacial score (nSPS) is 15.6. The molecular weight excluding hydrogens is 564 g/mol. The number of carbonyl (C=O) groups is 3. The summed E-state index contributed by atoms with van der Waals surface area (Å²) in [6.45, 7) is 4.85. The second kappa shape index (κ2) is 13.6. The number of rotatable bonds is 11. The molecule has 1 aliphatic heterocycles. The number of hydrogen-bond donors (Lipinski definition) is 2. The Bertz CT molecular complexity index is 1430. The number of carbonyl (C=O) groups excluding carboxylic acids is 3. The Labute approximate surface area is 244 Å². The van der Waals surface area contributed by atoms with Gasteiger partial charge >= 0.3 is 0 Å². The highest BCUT2D eigenvalue weighted by molar-refractivity contribution is 7.89. The lowest BCUT2D eigenvalue weighted by atomic mass is 10.0. The number of methoxy groups -OCH3 is 1. The van der Waals surface area contributed by atoms with Gasteiger partial charge in [0.1, 0.15) is 12.1 Å². The zero-order valence-electron chi connectivity index (χ0n) is 23.4. The Morgan fingerprint density at radius 1 is 0.902 bits per heavy atom. The second-order valence-corrected chi connectivity index (χ2v) is 13.2. The van der Waals surface area contributed by atoms with E-state index in [0.717, 1.165) is 10.1 Å². The van der Waals surface area contributed by atoms with Gasteiger partial charge < -0.3 is 19.9 Å². The third-order valence-corrected chi connectivity index (χ3v) is 9.45. The molecule has 1 aromatic heterocycles. The molecule has 1 saturated heterocycles. The Kier molecular flexibility index (Phi) is 10.1. The molecule has 12 heteroatoms. The number of piperazine rings is 1. The van der Waals surface area contributed by atoms with Gasteiger partial charge in [-0.25, -0.2) is 8.42 Å². The zero-order chi connectivity index (χ0) is 29.6. The molecule has 1 aliphatic rings. The van der Waals surface area contributed by atoms with Crippen molar-refractivity contribution >= 4 is 49.2 Å². The SMILES string of the molecule is COC[C@H](NS(=O)(=O)c1ccccc1)C(=O)N1CCN(C(=O)[C@H](CC(C)C)NC(=O)c2cc3ccccc3s2)CC1. The van der Waals surface area contributed by atoms with Crippen LogP contribution in [0, 0.1) is 5.92 Å². The van der Waals surface area contributed by atoms with Crippen molar-refractivity contribution in [3.8, 4) is 0 Å². The number of sulfonamides is 1. The highest BCUT2D eigenvalue weighted by Gasteiger charge is 2.34. The summed E-state index contributed by atoms with van der Waals surface area (Å²) < 4.78 is 34.3. The van der Waals surface area contributed by atoms with Crippen molar-refractivity contribution in [1.82, 2.24) is 19.8 Å². The van der Waals surface area contributed by atoms with E-state index in [4.69, 9.17) is 4.74 Å². The summed E-state index contributed by atoms with van der Waals surface area (Å²) in [5.41, 5.74) is 0. The van der Waals surface area contributed by atoms with E-state index in [1.54, 1.807) is 23.1 Å². The average molecular weight is 601 g/mol. The summed E-state index contributed by atoms with van der Waals surface area (Å²) in [6, 6.07) is 15.6. The molecule has 0 saturated carbocycles. The fourth-order valence-electron chi connectivity index (χ4n) is 4.78. The molecule has 4 rings (SSSR count). The highest BCUT2D eigenvalue weighted by Crippen LogP contribution is 2.25. The van der Waals surface area contributed by atoms with E-state index in [1.165, 1.54) is 35.5 Å². The smallest absolute Gasteiger partial charge is 0.262 e. The minimum absolute atomic E-state index is 0.0539. The first-order valence-electron chi connectivity index (χ1n) is 13.5. The molecule has 0 spiro atoms. The zero-order valence-corrected chi connectivity index (χ0v) is 25.0. The lowest BCUT2D eigenvalue weighted by Gasteiger charge is -2.38. The largest absolute Gasteiger partial charge is 0.382 e. The maximum Gasteiger partial charge on any atom is 0.262 e. The van der Waals surface area contributed by atoms with E-state index >= 15 is 0 Å². The van der Waals surface area contributed by atoms with Gasteiger partial charge in [-0.05, 0) is 42.0 Å². The topological polar surface area (TPSA) is 125 Å². The summed E-state index contributed by atoms with van der Waals surface area (Å²) in [6.07, 6.45) is 0.478. The predicted molar refractivity (Wildman–Crippen MR) is 158 cm³/mol. The molecule has 41 heavy (non-hydrogen) atoms. The van der Waals surface area contributed by atoms with Crippen LogP contribution in [-0.4, -0.2) is 87.9 Å². The van der Waals surface area contributed by atoms with E-state index < -0.39 is 28.0 Å². The first-order valence-corrected chi connectivity index (χ1v) is 15.8. The third-order valence-electron chi connectivity index (χ3n) is 6.85. The van der Waals surface area contributed by atoms with Crippen molar-refractivity contribution < 1.29 is 27.5 Å². The maximum atomic E-state index is 13.5. The van der Waals surface area contributed by atoms with E-state index in [0.29, 0.717) is 11.3 Å². The fourth-order valence-corrected chi connectivity index (χ4v) is 6.94. The molecule has 0 bridgehead atoms. The van der Waals surface area contributed by atoms with Crippen molar-refractivity contribution in [2.45, 2.75) is 37.2 Å². The number of amides is 3. The molecule has 2 atom stereocenters. The molecule has 10 nitrogen and oxygen atoms in total. The molecule has 2 heterocycles. The fraction of sp³-hybridized carbons (Fsp3) is 0.414. The third kappa shape index (κ3) is 7.70. The van der Waals surface area contributed by atoms with Crippen molar-refractivity contribution in [3.63, 3.8) is 0 Å². The molecule has 2 aromatic carbocycles. The van der Waals surface area contributed by atoms with Gasteiger partial charge in [0.25, 0.3) is 5.91 Å². The molecular formula is C29H36N4O6S2. The van der Waals surface area contributed by atoms with Gasteiger partial charge in [0.2, 0.25) is 21.8 Å². The molecule has 1 fully saturated rings. The number of benzene rings is 2.